The number of ether oxygens (including phenoxy) is 1. The van der Waals surface area contributed by atoms with Crippen LogP contribution in [0.25, 0.3) is 10.8 Å². The van der Waals surface area contributed by atoms with Gasteiger partial charge in [0.15, 0.2) is 12.3 Å². The van der Waals surface area contributed by atoms with Crippen molar-refractivity contribution in [3.8, 4) is 0 Å². The third-order valence-corrected chi connectivity index (χ3v) is 7.14. The first kappa shape index (κ1) is 19.3. The zero-order valence-corrected chi connectivity index (χ0v) is 17.2. The van der Waals surface area contributed by atoms with E-state index in [4.69, 9.17) is 4.74 Å². The van der Waals surface area contributed by atoms with Crippen LogP contribution in [-0.4, -0.2) is 33.8 Å². The van der Waals surface area contributed by atoms with E-state index in [1.54, 1.807) is 31.2 Å². The van der Waals surface area contributed by atoms with E-state index in [2.05, 4.69) is 10.4 Å². The molecule has 0 saturated heterocycles. The molecule has 4 aliphatic carbocycles. The van der Waals surface area contributed by atoms with E-state index < -0.39 is 5.97 Å². The largest absolute Gasteiger partial charge is 0.451 e. The zero-order chi connectivity index (χ0) is 20.9. The topological polar surface area (TPSA) is 90.3 Å². The molecule has 2 aromatic rings. The van der Waals surface area contributed by atoms with Crippen LogP contribution in [0.3, 0.4) is 0 Å². The van der Waals surface area contributed by atoms with Crippen molar-refractivity contribution in [1.82, 2.24) is 15.1 Å². The maximum Gasteiger partial charge on any atom is 0.359 e. The number of carbonyl (C=O) groups excluding carboxylic acids is 2. The zero-order valence-electron chi connectivity index (χ0n) is 17.2. The monoisotopic (exact) mass is 409 g/mol. The van der Waals surface area contributed by atoms with Gasteiger partial charge in [0.05, 0.1) is 5.39 Å². The summed E-state index contributed by atoms with van der Waals surface area (Å²) in [5.74, 6) is 1.24. The molecule has 1 N–H and O–H groups in total. The number of carbonyl (C=O) groups is 2. The fourth-order valence-electron chi connectivity index (χ4n) is 6.40. The minimum absolute atomic E-state index is 0.0645. The standard InChI is InChI=1S/C23H27N3O4/c1-2-26-21(28)18-6-4-3-5-17(18)20(25-26)22(29)30-13-19(27)24-23-10-14-7-15(11-23)9-16(8-14)12-23/h3-6,14-16H,2,7-13H2,1H3,(H,24,27). The van der Waals surface area contributed by atoms with E-state index in [0.29, 0.717) is 17.3 Å². The molecule has 0 radical (unpaired) electrons. The third kappa shape index (κ3) is 3.30. The van der Waals surface area contributed by atoms with Crippen molar-refractivity contribution in [2.24, 2.45) is 17.8 Å². The minimum Gasteiger partial charge on any atom is -0.451 e. The lowest BCUT2D eigenvalue weighted by atomic mass is 9.53. The van der Waals surface area contributed by atoms with Crippen LogP contribution in [0.4, 0.5) is 0 Å². The maximum atomic E-state index is 12.7. The van der Waals surface area contributed by atoms with Gasteiger partial charge in [-0.2, -0.15) is 5.10 Å². The van der Waals surface area contributed by atoms with Gasteiger partial charge in [0, 0.05) is 17.5 Å². The summed E-state index contributed by atoms with van der Waals surface area (Å²) in [6, 6.07) is 6.84. The number of amides is 1. The smallest absolute Gasteiger partial charge is 0.359 e. The number of aryl methyl sites for hydroxylation is 1. The predicted octanol–water partition coefficient (Wildman–Crippen LogP) is 2.66. The van der Waals surface area contributed by atoms with Crippen LogP contribution < -0.4 is 10.9 Å². The van der Waals surface area contributed by atoms with Crippen LogP contribution in [0, 0.1) is 17.8 Å². The van der Waals surface area contributed by atoms with Crippen molar-refractivity contribution in [2.75, 3.05) is 6.61 Å². The molecule has 0 unspecified atom stereocenters. The second kappa shape index (κ2) is 7.22. The van der Waals surface area contributed by atoms with E-state index in [9.17, 15) is 14.4 Å². The van der Waals surface area contributed by atoms with Crippen molar-refractivity contribution < 1.29 is 14.3 Å². The van der Waals surface area contributed by atoms with Gasteiger partial charge in [-0.05, 0) is 69.3 Å². The van der Waals surface area contributed by atoms with Gasteiger partial charge in [-0.25, -0.2) is 9.48 Å². The number of nitrogens with zero attached hydrogens (tertiary/aromatic N) is 2. The van der Waals surface area contributed by atoms with Crippen LogP contribution in [0.15, 0.2) is 29.1 Å². The number of hydrogen-bond donors (Lipinski definition) is 1. The highest BCUT2D eigenvalue weighted by Crippen LogP contribution is 2.55. The average Bonchev–Trinajstić information content (AvgIpc) is 2.71. The summed E-state index contributed by atoms with van der Waals surface area (Å²) in [7, 11) is 0. The first-order valence-corrected chi connectivity index (χ1v) is 10.9. The molecule has 30 heavy (non-hydrogen) atoms. The Balaban J connectivity index is 1.29. The Kier molecular flexibility index (Phi) is 4.64. The van der Waals surface area contributed by atoms with Crippen molar-refractivity contribution in [3.63, 3.8) is 0 Å². The molecule has 6 rings (SSSR count). The lowest BCUT2D eigenvalue weighted by Gasteiger charge is -2.56. The molecule has 1 heterocycles. The lowest BCUT2D eigenvalue weighted by Crippen LogP contribution is -2.60. The highest BCUT2D eigenvalue weighted by atomic mass is 16.5. The lowest BCUT2D eigenvalue weighted by molar-refractivity contribution is -0.130. The van der Waals surface area contributed by atoms with Crippen molar-refractivity contribution in [3.05, 3.63) is 40.3 Å². The van der Waals surface area contributed by atoms with E-state index >= 15 is 0 Å². The van der Waals surface area contributed by atoms with Gasteiger partial charge in [-0.3, -0.25) is 9.59 Å². The summed E-state index contributed by atoms with van der Waals surface area (Å²) in [6.07, 6.45) is 7.05. The summed E-state index contributed by atoms with van der Waals surface area (Å²) in [6.45, 7) is 1.80. The molecule has 4 fully saturated rings. The number of nitrogens with one attached hydrogen (secondary N) is 1. The van der Waals surface area contributed by atoms with Gasteiger partial charge >= 0.3 is 5.97 Å². The normalized spacial score (nSPS) is 29.2. The summed E-state index contributed by atoms with van der Waals surface area (Å²) in [4.78, 5) is 37.8. The first-order valence-electron chi connectivity index (χ1n) is 10.9. The van der Waals surface area contributed by atoms with Gasteiger partial charge < -0.3 is 10.1 Å². The molecule has 7 heteroatoms. The summed E-state index contributed by atoms with van der Waals surface area (Å²) in [5.41, 5.74) is -0.294. The molecule has 0 spiro atoms. The second-order valence-electron chi connectivity index (χ2n) is 9.34. The van der Waals surface area contributed by atoms with E-state index in [-0.39, 0.29) is 29.3 Å². The number of hydrogen-bond acceptors (Lipinski definition) is 5. The number of esters is 1. The molecule has 1 amide bonds. The van der Waals surface area contributed by atoms with Crippen LogP contribution in [-0.2, 0) is 16.1 Å². The van der Waals surface area contributed by atoms with Gasteiger partial charge in [0.2, 0.25) is 0 Å². The van der Waals surface area contributed by atoms with Crippen molar-refractivity contribution in [1.29, 1.82) is 0 Å². The Morgan fingerprint density at radius 2 is 1.70 bits per heavy atom. The van der Waals surface area contributed by atoms with Crippen LogP contribution in [0.1, 0.15) is 55.9 Å². The van der Waals surface area contributed by atoms with Crippen LogP contribution >= 0.6 is 0 Å². The quantitative estimate of drug-likeness (QED) is 0.767. The summed E-state index contributed by atoms with van der Waals surface area (Å²) >= 11 is 0. The first-order chi connectivity index (χ1) is 14.5. The van der Waals surface area contributed by atoms with Crippen molar-refractivity contribution in [2.45, 2.75) is 57.5 Å². The third-order valence-electron chi connectivity index (χ3n) is 7.14. The molecule has 158 valence electrons. The molecular formula is C23H27N3O4. The second-order valence-corrected chi connectivity index (χ2v) is 9.34. The van der Waals surface area contributed by atoms with E-state index in [1.165, 1.54) is 23.9 Å². The van der Waals surface area contributed by atoms with E-state index in [0.717, 1.165) is 37.0 Å². The highest BCUT2D eigenvalue weighted by molar-refractivity contribution is 6.02. The molecular weight excluding hydrogens is 382 g/mol. The van der Waals surface area contributed by atoms with Gasteiger partial charge in [0.25, 0.3) is 11.5 Å². The summed E-state index contributed by atoms with van der Waals surface area (Å²) in [5, 5.41) is 8.24. The molecule has 4 aliphatic rings. The fraction of sp³-hybridized carbons (Fsp3) is 0.565. The van der Waals surface area contributed by atoms with Crippen LogP contribution in [0.5, 0.6) is 0 Å². The number of fused-ring (bicyclic) bond motifs is 1. The molecule has 4 saturated carbocycles. The number of benzene rings is 1. The molecule has 0 aliphatic heterocycles. The Labute approximate surface area is 174 Å². The molecule has 1 aromatic heterocycles. The fourth-order valence-corrected chi connectivity index (χ4v) is 6.40. The molecule has 0 atom stereocenters. The highest BCUT2D eigenvalue weighted by Gasteiger charge is 2.51. The Bertz CT molecular complexity index is 1040. The number of rotatable bonds is 5. The Morgan fingerprint density at radius 3 is 2.30 bits per heavy atom. The molecule has 7 nitrogen and oxygen atoms in total. The maximum absolute atomic E-state index is 12.7. The SMILES string of the molecule is CCn1nc(C(=O)OCC(=O)NC23CC4CC(CC(C4)C2)C3)c2ccccc2c1=O. The van der Waals surface area contributed by atoms with Gasteiger partial charge in [-0.1, -0.05) is 18.2 Å². The minimum atomic E-state index is -0.686. The Morgan fingerprint density at radius 1 is 1.10 bits per heavy atom. The predicted molar refractivity (Wildman–Crippen MR) is 111 cm³/mol. The number of aromatic nitrogens is 2. The summed E-state index contributed by atoms with van der Waals surface area (Å²) < 4.78 is 6.57. The van der Waals surface area contributed by atoms with E-state index in [1.807, 2.05) is 0 Å². The van der Waals surface area contributed by atoms with Crippen LogP contribution in [0.2, 0.25) is 0 Å². The van der Waals surface area contributed by atoms with Crippen molar-refractivity contribution >= 4 is 22.6 Å². The molecule has 4 bridgehead atoms. The molecule has 1 aromatic carbocycles. The average molecular weight is 409 g/mol. The van der Waals surface area contributed by atoms with Gasteiger partial charge in [0.1, 0.15) is 0 Å². The Hall–Kier alpha value is -2.70. The van der Waals surface area contributed by atoms with Gasteiger partial charge in [-0.15, -0.1) is 0 Å².